The largest absolute Gasteiger partial charge is 0.392 e. The minimum Gasteiger partial charge on any atom is -0.392 e. The van der Waals surface area contributed by atoms with Crippen molar-refractivity contribution in [2.75, 3.05) is 6.61 Å². The van der Waals surface area contributed by atoms with Gasteiger partial charge in [-0.2, -0.15) is 0 Å². The highest BCUT2D eigenvalue weighted by Gasteiger charge is 2.11. The van der Waals surface area contributed by atoms with Crippen molar-refractivity contribution < 1.29 is 5.11 Å². The second kappa shape index (κ2) is 5.36. The van der Waals surface area contributed by atoms with Gasteiger partial charge in [0.1, 0.15) is 0 Å². The highest BCUT2D eigenvalue weighted by atomic mass is 16.3. The SMILES string of the molecule is CC(=CCC1CCCCC1)CO. The van der Waals surface area contributed by atoms with E-state index >= 15 is 0 Å². The Morgan fingerprint density at radius 1 is 1.33 bits per heavy atom. The van der Waals surface area contributed by atoms with Crippen molar-refractivity contribution in [1.29, 1.82) is 0 Å². The topological polar surface area (TPSA) is 20.2 Å². The quantitative estimate of drug-likeness (QED) is 0.642. The predicted molar refractivity (Wildman–Crippen MR) is 52.0 cm³/mol. The lowest BCUT2D eigenvalue weighted by Crippen LogP contribution is -2.05. The Morgan fingerprint density at radius 3 is 2.58 bits per heavy atom. The van der Waals surface area contributed by atoms with E-state index in [2.05, 4.69) is 6.08 Å². The van der Waals surface area contributed by atoms with Crippen LogP contribution in [-0.2, 0) is 0 Å². The molecule has 0 aromatic carbocycles. The van der Waals surface area contributed by atoms with Crippen LogP contribution in [0.15, 0.2) is 11.6 Å². The number of aliphatic hydroxyl groups is 1. The van der Waals surface area contributed by atoms with E-state index in [1.165, 1.54) is 38.5 Å². The summed E-state index contributed by atoms with van der Waals surface area (Å²) in [7, 11) is 0. The fraction of sp³-hybridized carbons (Fsp3) is 0.818. The first-order chi connectivity index (χ1) is 5.83. The second-order valence-corrected chi connectivity index (χ2v) is 3.95. The summed E-state index contributed by atoms with van der Waals surface area (Å²) in [5, 5.41) is 8.80. The van der Waals surface area contributed by atoms with E-state index in [1.54, 1.807) is 0 Å². The monoisotopic (exact) mass is 168 g/mol. The molecule has 12 heavy (non-hydrogen) atoms. The molecule has 0 bridgehead atoms. The van der Waals surface area contributed by atoms with E-state index in [0.29, 0.717) is 0 Å². The summed E-state index contributed by atoms with van der Waals surface area (Å²) in [6.07, 6.45) is 10.4. The molecule has 0 aromatic heterocycles. The number of rotatable bonds is 3. The van der Waals surface area contributed by atoms with Crippen LogP contribution >= 0.6 is 0 Å². The molecule has 1 nitrogen and oxygen atoms in total. The van der Waals surface area contributed by atoms with Gasteiger partial charge in [0.2, 0.25) is 0 Å². The number of hydrogen-bond donors (Lipinski definition) is 1. The lowest BCUT2D eigenvalue weighted by Gasteiger charge is -2.19. The zero-order valence-electron chi connectivity index (χ0n) is 8.05. The summed E-state index contributed by atoms with van der Waals surface area (Å²) in [6.45, 7) is 2.23. The first kappa shape index (κ1) is 9.79. The zero-order valence-corrected chi connectivity index (χ0v) is 8.05. The molecule has 1 aliphatic carbocycles. The van der Waals surface area contributed by atoms with E-state index in [0.717, 1.165) is 11.5 Å². The molecule has 1 N–H and O–H groups in total. The van der Waals surface area contributed by atoms with Crippen molar-refractivity contribution >= 4 is 0 Å². The third-order valence-electron chi connectivity index (χ3n) is 2.77. The van der Waals surface area contributed by atoms with Crippen LogP contribution in [0.5, 0.6) is 0 Å². The number of allylic oxidation sites excluding steroid dienone is 1. The van der Waals surface area contributed by atoms with E-state index in [1.807, 2.05) is 6.92 Å². The zero-order chi connectivity index (χ0) is 8.81. The summed E-state index contributed by atoms with van der Waals surface area (Å²) in [5.74, 6) is 0.903. The van der Waals surface area contributed by atoms with Gasteiger partial charge in [0.05, 0.1) is 6.61 Å². The third kappa shape index (κ3) is 3.40. The summed E-state index contributed by atoms with van der Waals surface area (Å²) in [5.41, 5.74) is 1.13. The second-order valence-electron chi connectivity index (χ2n) is 3.95. The third-order valence-corrected chi connectivity index (χ3v) is 2.77. The Kier molecular flexibility index (Phi) is 4.37. The normalized spacial score (nSPS) is 21.3. The van der Waals surface area contributed by atoms with Gasteiger partial charge in [0, 0.05) is 0 Å². The molecule has 0 spiro atoms. The molecule has 0 radical (unpaired) electrons. The number of hydrogen-bond acceptors (Lipinski definition) is 1. The molecular formula is C11H20O. The molecule has 1 heteroatoms. The fourth-order valence-electron chi connectivity index (χ4n) is 1.86. The van der Waals surface area contributed by atoms with E-state index < -0.39 is 0 Å². The maximum atomic E-state index is 8.80. The molecule has 70 valence electrons. The minimum absolute atomic E-state index is 0.229. The van der Waals surface area contributed by atoms with Crippen molar-refractivity contribution in [2.45, 2.75) is 45.4 Å². The van der Waals surface area contributed by atoms with Gasteiger partial charge in [-0.15, -0.1) is 0 Å². The van der Waals surface area contributed by atoms with Crippen molar-refractivity contribution in [3.05, 3.63) is 11.6 Å². The molecule has 0 atom stereocenters. The first-order valence-electron chi connectivity index (χ1n) is 5.09. The highest BCUT2D eigenvalue weighted by Crippen LogP contribution is 2.26. The predicted octanol–water partition coefficient (Wildman–Crippen LogP) is 2.90. The lowest BCUT2D eigenvalue weighted by atomic mass is 9.86. The van der Waals surface area contributed by atoms with Gasteiger partial charge in [-0.1, -0.05) is 43.8 Å². The molecular weight excluding hydrogens is 148 g/mol. The van der Waals surface area contributed by atoms with Gasteiger partial charge in [-0.3, -0.25) is 0 Å². The Hall–Kier alpha value is -0.300. The Balaban J connectivity index is 2.21. The maximum absolute atomic E-state index is 8.80. The standard InChI is InChI=1S/C11H20O/c1-10(9-12)7-8-11-5-3-2-4-6-11/h7,11-12H,2-6,8-9H2,1H3. The summed E-state index contributed by atoms with van der Waals surface area (Å²) in [4.78, 5) is 0. The van der Waals surface area contributed by atoms with Gasteiger partial charge >= 0.3 is 0 Å². The van der Waals surface area contributed by atoms with Crippen LogP contribution in [-0.4, -0.2) is 11.7 Å². The lowest BCUT2D eigenvalue weighted by molar-refractivity contribution is 0.327. The van der Waals surface area contributed by atoms with Crippen LogP contribution in [0, 0.1) is 5.92 Å². The Morgan fingerprint density at radius 2 is 2.00 bits per heavy atom. The minimum atomic E-state index is 0.229. The molecule has 0 saturated heterocycles. The van der Waals surface area contributed by atoms with Gasteiger partial charge in [0.25, 0.3) is 0 Å². The molecule has 1 aliphatic rings. The molecule has 1 saturated carbocycles. The van der Waals surface area contributed by atoms with Crippen LogP contribution < -0.4 is 0 Å². The van der Waals surface area contributed by atoms with Crippen LogP contribution in [0.4, 0.5) is 0 Å². The molecule has 1 rings (SSSR count). The highest BCUT2D eigenvalue weighted by molar-refractivity contribution is 4.98. The molecule has 0 amide bonds. The Bertz CT molecular complexity index is 143. The molecule has 0 heterocycles. The van der Waals surface area contributed by atoms with Crippen molar-refractivity contribution in [3.63, 3.8) is 0 Å². The average molecular weight is 168 g/mol. The van der Waals surface area contributed by atoms with Crippen molar-refractivity contribution in [2.24, 2.45) is 5.92 Å². The van der Waals surface area contributed by atoms with Gasteiger partial charge in [0.15, 0.2) is 0 Å². The van der Waals surface area contributed by atoms with E-state index in [-0.39, 0.29) is 6.61 Å². The van der Waals surface area contributed by atoms with Crippen molar-refractivity contribution in [1.82, 2.24) is 0 Å². The smallest absolute Gasteiger partial charge is 0.0639 e. The molecule has 0 aromatic rings. The Labute approximate surface area is 75.5 Å². The molecule has 0 aliphatic heterocycles. The van der Waals surface area contributed by atoms with Crippen LogP contribution in [0.3, 0.4) is 0 Å². The molecule has 1 fully saturated rings. The molecule has 0 unspecified atom stereocenters. The van der Waals surface area contributed by atoms with Crippen LogP contribution in [0.25, 0.3) is 0 Å². The van der Waals surface area contributed by atoms with Crippen LogP contribution in [0.2, 0.25) is 0 Å². The summed E-state index contributed by atoms with van der Waals surface area (Å²) < 4.78 is 0. The van der Waals surface area contributed by atoms with Gasteiger partial charge in [-0.25, -0.2) is 0 Å². The van der Waals surface area contributed by atoms with Crippen LogP contribution in [0.1, 0.15) is 45.4 Å². The summed E-state index contributed by atoms with van der Waals surface area (Å²) >= 11 is 0. The summed E-state index contributed by atoms with van der Waals surface area (Å²) in [6, 6.07) is 0. The van der Waals surface area contributed by atoms with Gasteiger partial charge < -0.3 is 5.11 Å². The fourth-order valence-corrected chi connectivity index (χ4v) is 1.86. The van der Waals surface area contributed by atoms with Gasteiger partial charge in [-0.05, 0) is 19.3 Å². The first-order valence-corrected chi connectivity index (χ1v) is 5.09. The number of aliphatic hydroxyl groups excluding tert-OH is 1. The van der Waals surface area contributed by atoms with E-state index in [9.17, 15) is 0 Å². The van der Waals surface area contributed by atoms with Crippen molar-refractivity contribution in [3.8, 4) is 0 Å². The van der Waals surface area contributed by atoms with E-state index in [4.69, 9.17) is 5.11 Å². The maximum Gasteiger partial charge on any atom is 0.0639 e. The average Bonchev–Trinajstić information content (AvgIpc) is 2.16.